The van der Waals surface area contributed by atoms with Crippen LogP contribution in [0.1, 0.15) is 0 Å². The second-order valence-electron chi connectivity index (χ2n) is 5.15. The van der Waals surface area contributed by atoms with Gasteiger partial charge in [-0.25, -0.2) is 8.42 Å². The Labute approximate surface area is 154 Å². The number of hydrogen-bond donors (Lipinski definition) is 0. The van der Waals surface area contributed by atoms with Crippen LogP contribution < -0.4 is 18.9 Å². The monoisotopic (exact) mass is 395 g/mol. The van der Waals surface area contributed by atoms with Crippen LogP contribution in [0.3, 0.4) is 0 Å². The molecule has 0 aliphatic rings. The molecule has 0 radical (unpaired) electrons. The first-order chi connectivity index (χ1) is 12.7. The van der Waals surface area contributed by atoms with Crippen molar-refractivity contribution >= 4 is 27.4 Å². The highest BCUT2D eigenvalue weighted by Crippen LogP contribution is 2.36. The number of nitro benzene ring substituents is 1. The fraction of sp³-hybridized carbons (Fsp3) is 0.188. The van der Waals surface area contributed by atoms with Gasteiger partial charge in [0.25, 0.3) is 15.7 Å². The Bertz CT molecular complexity index is 974. The lowest BCUT2D eigenvalue weighted by atomic mass is 10.2. The number of hydrogen-bond acceptors (Lipinski definition) is 8. The van der Waals surface area contributed by atoms with Gasteiger partial charge < -0.3 is 19.4 Å². The third-order valence-corrected chi connectivity index (χ3v) is 5.37. The molecule has 0 fully saturated rings. The average molecular weight is 395 g/mol. The maximum absolute atomic E-state index is 13.1. The van der Waals surface area contributed by atoms with Gasteiger partial charge in [0, 0.05) is 12.1 Å². The second kappa shape index (κ2) is 7.91. The molecule has 0 unspecified atom stereocenters. The quantitative estimate of drug-likeness (QED) is 0.466. The molecule has 27 heavy (non-hydrogen) atoms. The van der Waals surface area contributed by atoms with Crippen LogP contribution in [0.15, 0.2) is 47.4 Å². The number of nitrogens with zero attached hydrogens (tertiary/aromatic N) is 2. The maximum atomic E-state index is 13.1. The molecule has 0 spiro atoms. The second-order valence-corrected chi connectivity index (χ2v) is 6.98. The zero-order valence-corrected chi connectivity index (χ0v) is 15.1. The zero-order chi connectivity index (χ0) is 20.2. The molecule has 0 atom stereocenters. The van der Waals surface area contributed by atoms with Crippen LogP contribution in [0.4, 0.5) is 11.4 Å². The lowest BCUT2D eigenvalue weighted by Gasteiger charge is -2.26. The van der Waals surface area contributed by atoms with E-state index in [2.05, 4.69) is 0 Å². The summed E-state index contributed by atoms with van der Waals surface area (Å²) in [6, 6.07) is 8.64. The number of anilines is 1. The Balaban J connectivity index is 2.71. The largest absolute Gasteiger partial charge is 0.548 e. The van der Waals surface area contributed by atoms with Crippen LogP contribution >= 0.6 is 0 Å². The number of carbonyl (C=O) groups excluding carboxylic acids is 1. The van der Waals surface area contributed by atoms with Crippen molar-refractivity contribution in [2.75, 3.05) is 25.1 Å². The summed E-state index contributed by atoms with van der Waals surface area (Å²) < 4.78 is 36.7. The lowest BCUT2D eigenvalue weighted by Crippen LogP contribution is -2.42. The molecular formula is C16H15N2O8S-. The molecule has 0 heterocycles. The van der Waals surface area contributed by atoms with Crippen molar-refractivity contribution in [1.82, 2.24) is 0 Å². The SMILES string of the molecule is COc1ccc(N(CC(=O)[O-])S(=O)(=O)c2ccccc2[N+](=O)[O-])c(OC)c1. The fourth-order valence-corrected chi connectivity index (χ4v) is 3.93. The summed E-state index contributed by atoms with van der Waals surface area (Å²) in [5.41, 5.74) is -0.825. The summed E-state index contributed by atoms with van der Waals surface area (Å²) >= 11 is 0. The van der Waals surface area contributed by atoms with Gasteiger partial charge in [-0.2, -0.15) is 0 Å². The topological polar surface area (TPSA) is 139 Å². The van der Waals surface area contributed by atoms with Gasteiger partial charge in [0.2, 0.25) is 0 Å². The minimum atomic E-state index is -4.63. The molecule has 11 heteroatoms. The van der Waals surface area contributed by atoms with Gasteiger partial charge in [0.1, 0.15) is 11.5 Å². The summed E-state index contributed by atoms with van der Waals surface area (Å²) in [6.45, 7) is -1.07. The van der Waals surface area contributed by atoms with Gasteiger partial charge in [0.05, 0.1) is 37.3 Å². The van der Waals surface area contributed by atoms with Gasteiger partial charge >= 0.3 is 0 Å². The van der Waals surface area contributed by atoms with Crippen LogP contribution in [0.2, 0.25) is 0 Å². The van der Waals surface area contributed by atoms with Gasteiger partial charge in [-0.3, -0.25) is 14.4 Å². The molecule has 0 aromatic heterocycles. The van der Waals surface area contributed by atoms with Crippen molar-refractivity contribution in [2.24, 2.45) is 0 Å². The first-order valence-corrected chi connectivity index (χ1v) is 8.84. The van der Waals surface area contributed by atoms with E-state index in [4.69, 9.17) is 9.47 Å². The first kappa shape index (κ1) is 20.0. The van der Waals surface area contributed by atoms with Crippen LogP contribution in [-0.4, -0.2) is 40.1 Å². The Morgan fingerprint density at radius 3 is 2.37 bits per heavy atom. The molecule has 0 bridgehead atoms. The van der Waals surface area contributed by atoms with Crippen LogP contribution in [-0.2, 0) is 14.8 Å². The molecule has 0 aliphatic carbocycles. The number of ether oxygens (including phenoxy) is 2. The van der Waals surface area contributed by atoms with E-state index in [0.29, 0.717) is 10.1 Å². The van der Waals surface area contributed by atoms with Crippen LogP contribution in [0.25, 0.3) is 0 Å². The molecule has 0 amide bonds. The number of carboxylic acid groups (broad SMARTS) is 1. The molecule has 0 aliphatic heterocycles. The highest BCUT2D eigenvalue weighted by molar-refractivity contribution is 7.93. The third kappa shape index (κ3) is 4.08. The van der Waals surface area contributed by atoms with E-state index < -0.39 is 38.0 Å². The number of sulfonamides is 1. The number of carboxylic acids is 1. The third-order valence-electron chi connectivity index (χ3n) is 3.56. The Hall–Kier alpha value is -3.34. The molecule has 0 N–H and O–H groups in total. The molecule has 2 aromatic rings. The number of para-hydroxylation sites is 1. The number of methoxy groups -OCH3 is 2. The Morgan fingerprint density at radius 1 is 1.15 bits per heavy atom. The molecule has 10 nitrogen and oxygen atoms in total. The fourth-order valence-electron chi connectivity index (χ4n) is 2.35. The van der Waals surface area contributed by atoms with E-state index in [0.717, 1.165) is 12.1 Å². The van der Waals surface area contributed by atoms with Crippen LogP contribution in [0.5, 0.6) is 11.5 Å². The van der Waals surface area contributed by atoms with E-state index in [9.17, 15) is 28.4 Å². The maximum Gasteiger partial charge on any atom is 0.289 e. The van der Waals surface area contributed by atoms with Crippen molar-refractivity contribution < 1.29 is 32.7 Å². The standard InChI is InChI=1S/C16H16N2O8S/c1-25-11-7-8-12(14(9-11)26-2)17(10-16(19)20)27(23,24)15-6-4-3-5-13(15)18(21)22/h3-9H,10H2,1-2H3,(H,19,20)/p-1. The Morgan fingerprint density at radius 2 is 1.81 bits per heavy atom. The molecule has 0 saturated carbocycles. The first-order valence-electron chi connectivity index (χ1n) is 7.40. The summed E-state index contributed by atoms with van der Waals surface area (Å²) in [7, 11) is -1.98. The number of rotatable bonds is 8. The number of benzene rings is 2. The summed E-state index contributed by atoms with van der Waals surface area (Å²) in [5, 5.41) is 22.4. The summed E-state index contributed by atoms with van der Waals surface area (Å²) in [6.07, 6.45) is 0. The number of carbonyl (C=O) groups is 1. The zero-order valence-electron chi connectivity index (χ0n) is 14.3. The molecule has 2 rings (SSSR count). The van der Waals surface area contributed by atoms with Crippen molar-refractivity contribution in [3.8, 4) is 11.5 Å². The van der Waals surface area contributed by atoms with E-state index in [1.807, 2.05) is 0 Å². The normalized spacial score (nSPS) is 10.9. The van der Waals surface area contributed by atoms with Crippen molar-refractivity contribution in [3.05, 3.63) is 52.6 Å². The number of aliphatic carboxylic acids is 1. The lowest BCUT2D eigenvalue weighted by molar-refractivity contribution is -0.387. The number of nitro groups is 1. The predicted octanol–water partition coefficient (Wildman–Crippen LogP) is 0.557. The molecule has 144 valence electrons. The smallest absolute Gasteiger partial charge is 0.289 e. The van der Waals surface area contributed by atoms with E-state index in [1.165, 1.54) is 44.6 Å². The summed E-state index contributed by atoms with van der Waals surface area (Å²) in [4.78, 5) is 20.9. The van der Waals surface area contributed by atoms with E-state index in [1.54, 1.807) is 0 Å². The van der Waals surface area contributed by atoms with E-state index >= 15 is 0 Å². The minimum absolute atomic E-state index is 0.00207. The van der Waals surface area contributed by atoms with Gasteiger partial charge in [-0.15, -0.1) is 0 Å². The average Bonchev–Trinajstić information content (AvgIpc) is 2.65. The highest BCUT2D eigenvalue weighted by atomic mass is 32.2. The molecule has 0 saturated heterocycles. The summed E-state index contributed by atoms with van der Waals surface area (Å²) in [5.74, 6) is -1.36. The van der Waals surface area contributed by atoms with Crippen molar-refractivity contribution in [3.63, 3.8) is 0 Å². The van der Waals surface area contributed by atoms with Crippen molar-refractivity contribution in [1.29, 1.82) is 0 Å². The van der Waals surface area contributed by atoms with Gasteiger partial charge in [0.15, 0.2) is 4.90 Å². The highest BCUT2D eigenvalue weighted by Gasteiger charge is 2.33. The minimum Gasteiger partial charge on any atom is -0.548 e. The molecular weight excluding hydrogens is 380 g/mol. The Kier molecular flexibility index (Phi) is 5.85. The predicted molar refractivity (Wildman–Crippen MR) is 92.2 cm³/mol. The van der Waals surface area contributed by atoms with Crippen molar-refractivity contribution in [2.45, 2.75) is 4.90 Å². The van der Waals surface area contributed by atoms with Gasteiger partial charge in [-0.1, -0.05) is 12.1 Å². The molecule has 2 aromatic carbocycles. The van der Waals surface area contributed by atoms with Gasteiger partial charge in [-0.05, 0) is 18.2 Å². The van der Waals surface area contributed by atoms with Crippen LogP contribution in [0, 0.1) is 10.1 Å². The van der Waals surface area contributed by atoms with E-state index in [-0.39, 0.29) is 11.4 Å².